The van der Waals surface area contributed by atoms with Gasteiger partial charge in [0.1, 0.15) is 0 Å². The highest BCUT2D eigenvalue weighted by molar-refractivity contribution is 5.84. The standard InChI is InChI=1S/C10H16N4O3/c1-8-7-17-5-4-13(8)2-3-14-6-9(10(15)16)11-12-14/h6,8H,2-5,7H2,1H3,(H,15,16). The number of carboxylic acids is 1. The second-order valence-corrected chi connectivity index (χ2v) is 4.13. The molecule has 1 N–H and O–H groups in total. The third-order valence-electron chi connectivity index (χ3n) is 2.88. The molecule has 0 amide bonds. The van der Waals surface area contributed by atoms with Crippen LogP contribution in [-0.2, 0) is 11.3 Å². The summed E-state index contributed by atoms with van der Waals surface area (Å²) in [5, 5.41) is 16.1. The number of nitrogens with zero attached hydrogens (tertiary/aromatic N) is 4. The number of morpholine rings is 1. The van der Waals surface area contributed by atoms with Crippen LogP contribution in [0.15, 0.2) is 6.20 Å². The van der Waals surface area contributed by atoms with Crippen molar-refractivity contribution in [3.63, 3.8) is 0 Å². The molecule has 1 aliphatic heterocycles. The van der Waals surface area contributed by atoms with E-state index in [4.69, 9.17) is 9.84 Å². The van der Waals surface area contributed by atoms with Crippen molar-refractivity contribution < 1.29 is 14.6 Å². The van der Waals surface area contributed by atoms with E-state index in [9.17, 15) is 4.79 Å². The van der Waals surface area contributed by atoms with Gasteiger partial charge < -0.3 is 9.84 Å². The molecule has 0 radical (unpaired) electrons. The van der Waals surface area contributed by atoms with Crippen LogP contribution in [0.2, 0.25) is 0 Å². The summed E-state index contributed by atoms with van der Waals surface area (Å²) < 4.78 is 6.91. The minimum atomic E-state index is -1.05. The van der Waals surface area contributed by atoms with Gasteiger partial charge in [-0.25, -0.2) is 4.79 Å². The normalized spacial score (nSPS) is 21.6. The average Bonchev–Trinajstić information content (AvgIpc) is 2.77. The predicted octanol–water partition coefficient (Wildman–Crippen LogP) is -0.303. The molecule has 2 heterocycles. The molecule has 0 aliphatic carbocycles. The van der Waals surface area contributed by atoms with Crippen LogP contribution in [0.1, 0.15) is 17.4 Å². The number of carboxylic acid groups (broad SMARTS) is 1. The lowest BCUT2D eigenvalue weighted by Crippen LogP contribution is -2.44. The largest absolute Gasteiger partial charge is 0.476 e. The number of aromatic carboxylic acids is 1. The van der Waals surface area contributed by atoms with E-state index < -0.39 is 5.97 Å². The van der Waals surface area contributed by atoms with Gasteiger partial charge >= 0.3 is 5.97 Å². The first-order chi connectivity index (χ1) is 8.16. The van der Waals surface area contributed by atoms with Gasteiger partial charge in [-0.05, 0) is 6.92 Å². The van der Waals surface area contributed by atoms with Gasteiger partial charge in [0.25, 0.3) is 0 Å². The Hall–Kier alpha value is -1.47. The summed E-state index contributed by atoms with van der Waals surface area (Å²) in [4.78, 5) is 12.9. The van der Waals surface area contributed by atoms with E-state index in [-0.39, 0.29) is 5.69 Å². The van der Waals surface area contributed by atoms with Gasteiger partial charge in [0.15, 0.2) is 5.69 Å². The Kier molecular flexibility index (Phi) is 3.70. The molecule has 94 valence electrons. The van der Waals surface area contributed by atoms with Gasteiger partial charge in [-0.2, -0.15) is 0 Å². The van der Waals surface area contributed by atoms with Gasteiger partial charge in [0.2, 0.25) is 0 Å². The summed E-state index contributed by atoms with van der Waals surface area (Å²) in [5.41, 5.74) is -0.0139. The van der Waals surface area contributed by atoms with Crippen LogP contribution in [0.5, 0.6) is 0 Å². The molecule has 1 aromatic heterocycles. The second-order valence-electron chi connectivity index (χ2n) is 4.13. The fraction of sp³-hybridized carbons (Fsp3) is 0.700. The number of carbonyl (C=O) groups is 1. The maximum absolute atomic E-state index is 10.6. The molecule has 1 unspecified atom stereocenters. The Morgan fingerprint density at radius 1 is 1.65 bits per heavy atom. The monoisotopic (exact) mass is 240 g/mol. The highest BCUT2D eigenvalue weighted by Crippen LogP contribution is 2.05. The van der Waals surface area contributed by atoms with E-state index in [0.717, 1.165) is 26.3 Å². The van der Waals surface area contributed by atoms with Crippen molar-refractivity contribution in [3.05, 3.63) is 11.9 Å². The van der Waals surface area contributed by atoms with Gasteiger partial charge in [-0.3, -0.25) is 9.58 Å². The summed E-state index contributed by atoms with van der Waals surface area (Å²) in [6.07, 6.45) is 1.45. The third-order valence-corrected chi connectivity index (χ3v) is 2.88. The third kappa shape index (κ3) is 3.01. The van der Waals surface area contributed by atoms with E-state index >= 15 is 0 Å². The lowest BCUT2D eigenvalue weighted by Gasteiger charge is -2.32. The van der Waals surface area contributed by atoms with Crippen LogP contribution in [0.3, 0.4) is 0 Å². The smallest absolute Gasteiger partial charge is 0.358 e. The summed E-state index contributed by atoms with van der Waals surface area (Å²) in [7, 11) is 0. The first kappa shape index (κ1) is 12.0. The Bertz CT molecular complexity index is 393. The molecule has 2 rings (SSSR count). The number of ether oxygens (including phenoxy) is 1. The zero-order valence-electron chi connectivity index (χ0n) is 9.74. The average molecular weight is 240 g/mol. The molecule has 0 aromatic carbocycles. The Balaban J connectivity index is 1.86. The number of hydrogen-bond acceptors (Lipinski definition) is 5. The molecular formula is C10H16N4O3. The molecule has 1 atom stereocenters. The van der Waals surface area contributed by atoms with Crippen LogP contribution < -0.4 is 0 Å². The zero-order valence-corrected chi connectivity index (χ0v) is 9.74. The fourth-order valence-corrected chi connectivity index (χ4v) is 1.83. The maximum atomic E-state index is 10.6. The number of hydrogen-bond donors (Lipinski definition) is 1. The van der Waals surface area contributed by atoms with Gasteiger partial charge in [-0.1, -0.05) is 5.21 Å². The van der Waals surface area contributed by atoms with Gasteiger partial charge in [0, 0.05) is 19.1 Å². The highest BCUT2D eigenvalue weighted by Gasteiger charge is 2.18. The van der Waals surface area contributed by atoms with E-state index in [1.54, 1.807) is 4.68 Å². The molecule has 1 aliphatic rings. The van der Waals surface area contributed by atoms with E-state index in [1.165, 1.54) is 6.20 Å². The van der Waals surface area contributed by atoms with Crippen molar-refractivity contribution in [1.82, 2.24) is 19.9 Å². The minimum absolute atomic E-state index is 0.0139. The zero-order chi connectivity index (χ0) is 12.3. The molecular weight excluding hydrogens is 224 g/mol. The molecule has 7 heteroatoms. The first-order valence-electron chi connectivity index (χ1n) is 5.62. The van der Waals surface area contributed by atoms with E-state index in [0.29, 0.717) is 12.6 Å². The van der Waals surface area contributed by atoms with Crippen LogP contribution in [0, 0.1) is 0 Å². The van der Waals surface area contributed by atoms with Crippen molar-refractivity contribution in [2.24, 2.45) is 0 Å². The molecule has 1 saturated heterocycles. The van der Waals surface area contributed by atoms with Gasteiger partial charge in [0.05, 0.1) is 26.0 Å². The van der Waals surface area contributed by atoms with Crippen molar-refractivity contribution in [2.45, 2.75) is 19.5 Å². The molecule has 7 nitrogen and oxygen atoms in total. The fourth-order valence-electron chi connectivity index (χ4n) is 1.83. The summed E-state index contributed by atoms with van der Waals surface area (Å²) in [5.74, 6) is -1.05. The second kappa shape index (κ2) is 5.24. The molecule has 0 saturated carbocycles. The van der Waals surface area contributed by atoms with Crippen LogP contribution in [0.4, 0.5) is 0 Å². The minimum Gasteiger partial charge on any atom is -0.476 e. The van der Waals surface area contributed by atoms with E-state index in [2.05, 4.69) is 22.1 Å². The summed E-state index contributed by atoms with van der Waals surface area (Å²) in [6.45, 7) is 5.99. The lowest BCUT2D eigenvalue weighted by molar-refractivity contribution is -0.00209. The Morgan fingerprint density at radius 2 is 2.47 bits per heavy atom. The number of aromatic nitrogens is 3. The Labute approximate surface area is 99.0 Å². The molecule has 1 aromatic rings. The molecule has 0 bridgehead atoms. The van der Waals surface area contributed by atoms with Crippen LogP contribution in [-0.4, -0.2) is 63.3 Å². The van der Waals surface area contributed by atoms with Crippen molar-refractivity contribution in [1.29, 1.82) is 0 Å². The first-order valence-corrected chi connectivity index (χ1v) is 5.62. The topological polar surface area (TPSA) is 80.5 Å². The quantitative estimate of drug-likeness (QED) is 0.778. The lowest BCUT2D eigenvalue weighted by atomic mass is 10.2. The highest BCUT2D eigenvalue weighted by atomic mass is 16.5. The van der Waals surface area contributed by atoms with Crippen LogP contribution in [0.25, 0.3) is 0 Å². The van der Waals surface area contributed by atoms with Crippen molar-refractivity contribution in [2.75, 3.05) is 26.3 Å². The molecule has 1 fully saturated rings. The summed E-state index contributed by atoms with van der Waals surface area (Å²) in [6, 6.07) is 0.395. The summed E-state index contributed by atoms with van der Waals surface area (Å²) >= 11 is 0. The van der Waals surface area contributed by atoms with Gasteiger partial charge in [-0.15, -0.1) is 5.10 Å². The van der Waals surface area contributed by atoms with E-state index in [1.807, 2.05) is 0 Å². The van der Waals surface area contributed by atoms with Crippen LogP contribution >= 0.6 is 0 Å². The van der Waals surface area contributed by atoms with Crippen molar-refractivity contribution in [3.8, 4) is 0 Å². The molecule has 17 heavy (non-hydrogen) atoms. The van der Waals surface area contributed by atoms with Crippen molar-refractivity contribution >= 4 is 5.97 Å². The number of rotatable bonds is 4. The Morgan fingerprint density at radius 3 is 3.12 bits per heavy atom. The maximum Gasteiger partial charge on any atom is 0.358 e. The predicted molar refractivity (Wildman–Crippen MR) is 58.8 cm³/mol. The molecule has 0 spiro atoms. The SMILES string of the molecule is CC1COCCN1CCn1cc(C(=O)O)nn1.